The Morgan fingerprint density at radius 2 is 1.44 bits per heavy atom. The van der Waals surface area contributed by atoms with E-state index in [1.165, 1.54) is 0 Å². The van der Waals surface area contributed by atoms with E-state index in [0.29, 0.717) is 48.8 Å². The average Bonchev–Trinajstić information content (AvgIpc) is 3.58. The predicted octanol–water partition coefficient (Wildman–Crippen LogP) is 3.24. The standard InChI is InChI=1S/C39H48BN3O9/c1-9-51-33(44)26-41-38(45)34-29(5)37-35(31-13-15-32(16-14-31)39(46)52-10-2)36-27(3)25-28(4)42(36)40(43(37)30(34)6,17-11-19-49-23-21-47-7)18-12-20-50-24-22-48-8/h13-16,25H,9-10,19-24,26H2,1-8H3,(H,41,45). The molecular weight excluding hydrogens is 665 g/mol. The van der Waals surface area contributed by atoms with E-state index in [0.717, 1.165) is 33.8 Å². The van der Waals surface area contributed by atoms with Gasteiger partial charge in [0.05, 0.1) is 50.8 Å². The molecule has 52 heavy (non-hydrogen) atoms. The van der Waals surface area contributed by atoms with E-state index in [-0.39, 0.29) is 33.0 Å². The lowest BCUT2D eigenvalue weighted by Gasteiger charge is -2.39. The van der Waals surface area contributed by atoms with Gasteiger partial charge < -0.3 is 42.7 Å². The van der Waals surface area contributed by atoms with Crippen LogP contribution in [0.5, 0.6) is 0 Å². The number of hydrogen-bond acceptors (Lipinski definition) is 9. The molecular formula is C39H48BN3O9. The number of esters is 2. The van der Waals surface area contributed by atoms with Crippen molar-refractivity contribution in [3.05, 3.63) is 75.3 Å². The molecule has 1 N–H and O–H groups in total. The maximum Gasteiger partial charge on any atom is 0.520 e. The summed E-state index contributed by atoms with van der Waals surface area (Å²) in [5, 5.41) is 2.75. The number of hydrogen-bond donors (Lipinski definition) is 1. The molecule has 0 bridgehead atoms. The first kappa shape index (κ1) is 39.9. The van der Waals surface area contributed by atoms with Crippen LogP contribution in [0.2, 0.25) is 0 Å². The summed E-state index contributed by atoms with van der Waals surface area (Å²) in [6, 6.07) is 9.32. The molecule has 0 atom stereocenters. The molecule has 0 saturated heterocycles. The highest BCUT2D eigenvalue weighted by molar-refractivity contribution is 6.87. The highest BCUT2D eigenvalue weighted by Gasteiger charge is 2.53. The topological polar surface area (TPSA) is 127 Å². The SMILES string of the molecule is CCOC(=O)CNC(=O)C1=C(C)C2=C(c3ccc(C(=O)OCC)cc3)c3c(C)cc(C)n3[B-](C#CCOCCOC)(C#CCOCCOC)[N+]2=C1C. The smallest absolute Gasteiger partial charge is 0.465 e. The zero-order valence-corrected chi connectivity index (χ0v) is 31.4. The zero-order chi connectivity index (χ0) is 37.8. The summed E-state index contributed by atoms with van der Waals surface area (Å²) in [5.41, 5.74) is 7.23. The van der Waals surface area contributed by atoms with Gasteiger partial charge >= 0.3 is 18.4 Å². The third kappa shape index (κ3) is 8.41. The van der Waals surface area contributed by atoms with Gasteiger partial charge in [-0.15, -0.1) is 11.8 Å². The first-order chi connectivity index (χ1) is 25.1. The predicted molar refractivity (Wildman–Crippen MR) is 198 cm³/mol. The number of fused-ring (bicyclic) bond motifs is 2. The Morgan fingerprint density at radius 1 is 0.846 bits per heavy atom. The molecule has 0 unspecified atom stereocenters. The Hall–Kier alpha value is -4.92. The summed E-state index contributed by atoms with van der Waals surface area (Å²) in [6.45, 7) is 13.3. The highest BCUT2D eigenvalue weighted by Crippen LogP contribution is 2.44. The number of benzene rings is 1. The van der Waals surface area contributed by atoms with Crippen LogP contribution < -0.4 is 5.32 Å². The summed E-state index contributed by atoms with van der Waals surface area (Å²) in [7, 11) is 3.21. The number of ether oxygens (including phenoxy) is 6. The summed E-state index contributed by atoms with van der Waals surface area (Å²) in [4.78, 5) is 38.8. The fraction of sp³-hybridized carbons (Fsp3) is 0.436. The number of aromatic nitrogens is 1. The lowest BCUT2D eigenvalue weighted by atomic mass is 9.45. The molecule has 12 nitrogen and oxygen atoms in total. The first-order valence-electron chi connectivity index (χ1n) is 17.4. The number of methoxy groups -OCH3 is 2. The van der Waals surface area contributed by atoms with Crippen molar-refractivity contribution < 1.29 is 47.3 Å². The van der Waals surface area contributed by atoms with Gasteiger partial charge in [-0.1, -0.05) is 12.1 Å². The lowest BCUT2D eigenvalue weighted by Crippen LogP contribution is -2.57. The van der Waals surface area contributed by atoms with Crippen molar-refractivity contribution in [3.63, 3.8) is 0 Å². The highest BCUT2D eigenvalue weighted by atomic mass is 16.5. The van der Waals surface area contributed by atoms with Crippen LogP contribution in [0.25, 0.3) is 5.57 Å². The fourth-order valence-corrected chi connectivity index (χ4v) is 6.72. The number of nitrogens with one attached hydrogen (secondary N) is 1. The third-order valence-corrected chi connectivity index (χ3v) is 8.76. The molecule has 2 aliphatic heterocycles. The molecule has 0 spiro atoms. The molecule has 3 heterocycles. The number of allylic oxidation sites excluding steroid dienone is 1. The second-order valence-corrected chi connectivity index (χ2v) is 12.2. The van der Waals surface area contributed by atoms with Gasteiger partial charge in [-0.25, -0.2) is 4.79 Å². The van der Waals surface area contributed by atoms with Crippen LogP contribution in [0.15, 0.2) is 47.2 Å². The maximum atomic E-state index is 14.0. The van der Waals surface area contributed by atoms with E-state index in [9.17, 15) is 14.4 Å². The van der Waals surface area contributed by atoms with Gasteiger partial charge in [0.15, 0.2) is 5.70 Å². The minimum atomic E-state index is -2.34. The Bertz CT molecular complexity index is 1870. The molecule has 0 fully saturated rings. The van der Waals surface area contributed by atoms with Crippen LogP contribution in [-0.2, 0) is 38.0 Å². The van der Waals surface area contributed by atoms with Crippen molar-refractivity contribution in [1.82, 2.24) is 9.79 Å². The van der Waals surface area contributed by atoms with Gasteiger partial charge in [-0.2, -0.15) is 11.6 Å². The van der Waals surface area contributed by atoms with Crippen molar-refractivity contribution >= 4 is 35.5 Å². The van der Waals surface area contributed by atoms with Crippen molar-refractivity contribution in [2.75, 3.05) is 73.6 Å². The number of amides is 1. The number of rotatable bonds is 15. The molecule has 1 aromatic carbocycles. The molecule has 1 amide bonds. The Kier molecular flexibility index (Phi) is 14.2. The van der Waals surface area contributed by atoms with Gasteiger partial charge in [0.2, 0.25) is 0 Å². The Balaban J connectivity index is 2.04. The van der Waals surface area contributed by atoms with Crippen molar-refractivity contribution in [2.45, 2.75) is 41.5 Å². The second-order valence-electron chi connectivity index (χ2n) is 12.2. The van der Waals surface area contributed by atoms with Crippen molar-refractivity contribution in [3.8, 4) is 23.5 Å². The molecule has 2 aliphatic rings. The maximum absolute atomic E-state index is 14.0. The first-order valence-corrected chi connectivity index (χ1v) is 17.4. The molecule has 13 heteroatoms. The number of carbonyl (C=O) groups is 3. The number of carbonyl (C=O) groups excluding carboxylic acids is 3. The largest absolute Gasteiger partial charge is 0.520 e. The molecule has 1 aromatic heterocycles. The third-order valence-electron chi connectivity index (χ3n) is 8.76. The zero-order valence-electron chi connectivity index (χ0n) is 31.4. The van der Waals surface area contributed by atoms with Gasteiger partial charge in [0, 0.05) is 32.4 Å². The van der Waals surface area contributed by atoms with E-state index in [4.69, 9.17) is 28.4 Å². The summed E-state index contributed by atoms with van der Waals surface area (Å²) < 4.78 is 36.3. The van der Waals surface area contributed by atoms with Crippen LogP contribution in [0.3, 0.4) is 0 Å². The van der Waals surface area contributed by atoms with E-state index in [1.807, 2.05) is 44.3 Å². The lowest BCUT2D eigenvalue weighted by molar-refractivity contribution is -0.330. The normalized spacial score (nSPS) is 14.2. The van der Waals surface area contributed by atoms with Crippen LogP contribution in [0.1, 0.15) is 60.6 Å². The quantitative estimate of drug-likeness (QED) is 0.128. The fourth-order valence-electron chi connectivity index (χ4n) is 6.72. The van der Waals surface area contributed by atoms with E-state index >= 15 is 0 Å². The average molecular weight is 714 g/mol. The molecule has 0 radical (unpaired) electrons. The molecule has 276 valence electrons. The minimum Gasteiger partial charge on any atom is -0.465 e. The number of nitrogens with zero attached hydrogens (tertiary/aromatic N) is 2. The van der Waals surface area contributed by atoms with Crippen LogP contribution in [-0.4, -0.2) is 113 Å². The molecule has 4 rings (SSSR count). The Morgan fingerprint density at radius 3 is 2.00 bits per heavy atom. The van der Waals surface area contributed by atoms with Crippen molar-refractivity contribution in [2.24, 2.45) is 0 Å². The summed E-state index contributed by atoms with van der Waals surface area (Å²) in [5.74, 6) is 12.1. The molecule has 2 aromatic rings. The number of aryl methyl sites for hydroxylation is 2. The van der Waals surface area contributed by atoms with Crippen LogP contribution in [0.4, 0.5) is 0 Å². The van der Waals surface area contributed by atoms with Gasteiger partial charge in [0.1, 0.15) is 31.0 Å². The van der Waals surface area contributed by atoms with Crippen LogP contribution in [0, 0.1) is 37.3 Å². The second kappa shape index (κ2) is 18.5. The van der Waals surface area contributed by atoms with E-state index in [1.54, 1.807) is 40.2 Å². The monoisotopic (exact) mass is 713 g/mol. The molecule has 0 saturated carbocycles. The molecule has 0 aliphatic carbocycles. The summed E-state index contributed by atoms with van der Waals surface area (Å²) >= 11 is 0. The van der Waals surface area contributed by atoms with Crippen LogP contribution >= 0.6 is 0 Å². The van der Waals surface area contributed by atoms with Crippen molar-refractivity contribution in [1.29, 1.82) is 0 Å². The Labute approximate surface area is 306 Å². The van der Waals surface area contributed by atoms with E-state index in [2.05, 4.69) is 39.3 Å². The van der Waals surface area contributed by atoms with Gasteiger partial charge in [0.25, 0.3) is 5.91 Å². The summed E-state index contributed by atoms with van der Waals surface area (Å²) in [6.07, 6.45) is -2.34. The van der Waals surface area contributed by atoms with Gasteiger partial charge in [-0.3, -0.25) is 9.59 Å². The van der Waals surface area contributed by atoms with E-state index < -0.39 is 24.3 Å². The minimum absolute atomic E-state index is 0.126. The van der Waals surface area contributed by atoms with Gasteiger partial charge in [-0.05, 0) is 69.6 Å².